The minimum Gasteiger partial charge on any atom is -0.389 e. The predicted octanol–water partition coefficient (Wildman–Crippen LogP) is 2.67. The van der Waals surface area contributed by atoms with Crippen LogP contribution in [0.25, 0.3) is 0 Å². The number of hydrogen-bond acceptors (Lipinski definition) is 3. The van der Waals surface area contributed by atoms with Crippen LogP contribution in [0.15, 0.2) is 36.7 Å². The average Bonchev–Trinajstić information content (AvgIpc) is 2.45. The molecule has 0 saturated heterocycles. The molecule has 0 fully saturated rings. The zero-order valence-electron chi connectivity index (χ0n) is 11.5. The van der Waals surface area contributed by atoms with Gasteiger partial charge in [-0.2, -0.15) is 0 Å². The van der Waals surface area contributed by atoms with E-state index in [1.165, 1.54) is 4.90 Å². The lowest BCUT2D eigenvalue weighted by atomic mass is 10.1. The summed E-state index contributed by atoms with van der Waals surface area (Å²) < 4.78 is 28.1. The Bertz CT molecular complexity index is 624. The van der Waals surface area contributed by atoms with Crippen LogP contribution in [0, 0.1) is 11.6 Å². The van der Waals surface area contributed by atoms with Crippen molar-refractivity contribution in [2.75, 3.05) is 18.5 Å². The lowest BCUT2D eigenvalue weighted by Crippen LogP contribution is -2.23. The van der Waals surface area contributed by atoms with Gasteiger partial charge in [-0.05, 0) is 36.2 Å². The second kappa shape index (κ2) is 6.58. The molecule has 2 aromatic rings. The van der Waals surface area contributed by atoms with Gasteiger partial charge in [-0.15, -0.1) is 0 Å². The highest BCUT2D eigenvalue weighted by Gasteiger charge is 2.16. The SMILES string of the molecule is CN(CCc1ccncc1)c1c(F)cc(C(N)=S)cc1F. The van der Waals surface area contributed by atoms with Crippen LogP contribution in [-0.4, -0.2) is 23.6 Å². The van der Waals surface area contributed by atoms with Crippen molar-refractivity contribution in [1.82, 2.24) is 4.98 Å². The van der Waals surface area contributed by atoms with Crippen LogP contribution >= 0.6 is 12.2 Å². The molecule has 3 nitrogen and oxygen atoms in total. The molecule has 1 aromatic heterocycles. The summed E-state index contributed by atoms with van der Waals surface area (Å²) >= 11 is 4.73. The lowest BCUT2D eigenvalue weighted by molar-refractivity contribution is 0.576. The Hall–Kier alpha value is -2.08. The first-order chi connectivity index (χ1) is 9.99. The van der Waals surface area contributed by atoms with E-state index in [0.717, 1.165) is 17.7 Å². The minimum absolute atomic E-state index is 0.0289. The first-order valence-corrected chi connectivity index (χ1v) is 6.78. The molecule has 0 spiro atoms. The second-order valence-electron chi connectivity index (χ2n) is 4.68. The van der Waals surface area contributed by atoms with Crippen molar-refractivity contribution in [3.05, 3.63) is 59.4 Å². The van der Waals surface area contributed by atoms with Gasteiger partial charge in [-0.1, -0.05) is 12.2 Å². The van der Waals surface area contributed by atoms with Gasteiger partial charge >= 0.3 is 0 Å². The van der Waals surface area contributed by atoms with E-state index in [-0.39, 0.29) is 16.2 Å². The maximum atomic E-state index is 14.0. The summed E-state index contributed by atoms with van der Waals surface area (Å²) in [6.45, 7) is 0.476. The molecule has 0 bridgehead atoms. The van der Waals surface area contributed by atoms with Crippen LogP contribution in [0.2, 0.25) is 0 Å². The number of nitrogens with zero attached hydrogens (tertiary/aromatic N) is 2. The largest absolute Gasteiger partial charge is 0.389 e. The van der Waals surface area contributed by atoms with Crippen molar-refractivity contribution in [2.24, 2.45) is 5.73 Å². The van der Waals surface area contributed by atoms with Gasteiger partial charge in [0.1, 0.15) is 22.3 Å². The number of nitrogens with two attached hydrogens (primary N) is 1. The lowest BCUT2D eigenvalue weighted by Gasteiger charge is -2.21. The summed E-state index contributed by atoms with van der Waals surface area (Å²) in [4.78, 5) is 5.43. The molecule has 0 radical (unpaired) electrons. The zero-order valence-corrected chi connectivity index (χ0v) is 12.3. The Balaban J connectivity index is 2.16. The summed E-state index contributed by atoms with van der Waals surface area (Å²) in [6.07, 6.45) is 4.04. The summed E-state index contributed by atoms with van der Waals surface area (Å²) in [5.74, 6) is -1.34. The predicted molar refractivity (Wildman–Crippen MR) is 83.5 cm³/mol. The Kier molecular flexibility index (Phi) is 4.80. The van der Waals surface area contributed by atoms with Crippen molar-refractivity contribution >= 4 is 22.9 Å². The number of anilines is 1. The molecule has 21 heavy (non-hydrogen) atoms. The Labute approximate surface area is 127 Å². The number of likely N-dealkylation sites (N-methyl/N-ethyl adjacent to an activating group) is 1. The molecular formula is C15H15F2N3S. The van der Waals surface area contributed by atoms with Gasteiger partial charge in [0.2, 0.25) is 0 Å². The molecule has 2 rings (SSSR count). The third kappa shape index (κ3) is 3.72. The van der Waals surface area contributed by atoms with Crippen LogP contribution in [0.3, 0.4) is 0 Å². The van der Waals surface area contributed by atoms with Gasteiger partial charge in [-0.25, -0.2) is 8.78 Å². The fourth-order valence-corrected chi connectivity index (χ4v) is 2.15. The molecular weight excluding hydrogens is 292 g/mol. The number of rotatable bonds is 5. The first kappa shape index (κ1) is 15.3. The number of benzene rings is 1. The van der Waals surface area contributed by atoms with Gasteiger partial charge in [0.25, 0.3) is 0 Å². The third-order valence-electron chi connectivity index (χ3n) is 3.17. The average molecular weight is 307 g/mol. The van der Waals surface area contributed by atoms with Crippen molar-refractivity contribution in [3.8, 4) is 0 Å². The molecule has 1 heterocycles. The maximum absolute atomic E-state index is 14.0. The van der Waals surface area contributed by atoms with E-state index >= 15 is 0 Å². The topological polar surface area (TPSA) is 42.2 Å². The number of aromatic nitrogens is 1. The third-order valence-corrected chi connectivity index (χ3v) is 3.40. The highest BCUT2D eigenvalue weighted by molar-refractivity contribution is 7.80. The van der Waals surface area contributed by atoms with Crippen molar-refractivity contribution in [1.29, 1.82) is 0 Å². The van der Waals surface area contributed by atoms with Gasteiger partial charge in [0, 0.05) is 31.5 Å². The van der Waals surface area contributed by atoms with Crippen LogP contribution < -0.4 is 10.6 Å². The highest BCUT2D eigenvalue weighted by Crippen LogP contribution is 2.24. The van der Waals surface area contributed by atoms with E-state index in [4.69, 9.17) is 18.0 Å². The molecule has 0 aliphatic rings. The van der Waals surface area contributed by atoms with Crippen LogP contribution in [0.5, 0.6) is 0 Å². The molecule has 0 unspecified atom stereocenters. The Morgan fingerprint density at radius 2 is 1.81 bits per heavy atom. The fraction of sp³-hybridized carbons (Fsp3) is 0.200. The molecule has 110 valence electrons. The van der Waals surface area contributed by atoms with Gasteiger partial charge < -0.3 is 10.6 Å². The minimum atomic E-state index is -0.671. The Morgan fingerprint density at radius 3 is 2.33 bits per heavy atom. The number of pyridine rings is 1. The van der Waals surface area contributed by atoms with Crippen LogP contribution in [0.4, 0.5) is 14.5 Å². The summed E-state index contributed by atoms with van der Waals surface area (Å²) in [6, 6.07) is 6.06. The maximum Gasteiger partial charge on any atom is 0.150 e. The van der Waals surface area contributed by atoms with Crippen LogP contribution in [-0.2, 0) is 6.42 Å². The summed E-state index contributed by atoms with van der Waals surface area (Å²) in [5, 5.41) is 0. The molecule has 0 amide bonds. The van der Waals surface area contributed by atoms with E-state index in [0.29, 0.717) is 13.0 Å². The van der Waals surface area contributed by atoms with Gasteiger partial charge in [0.15, 0.2) is 0 Å². The molecule has 0 saturated carbocycles. The fourth-order valence-electron chi connectivity index (χ4n) is 2.03. The Morgan fingerprint density at radius 1 is 1.24 bits per heavy atom. The van der Waals surface area contributed by atoms with E-state index in [1.54, 1.807) is 19.4 Å². The second-order valence-corrected chi connectivity index (χ2v) is 5.12. The van der Waals surface area contributed by atoms with Crippen LogP contribution in [0.1, 0.15) is 11.1 Å². The quantitative estimate of drug-likeness (QED) is 0.863. The zero-order chi connectivity index (χ0) is 15.4. The number of halogens is 2. The van der Waals surface area contributed by atoms with E-state index in [2.05, 4.69) is 4.98 Å². The molecule has 0 aliphatic carbocycles. The molecule has 6 heteroatoms. The number of thiocarbonyl (C=S) groups is 1. The van der Waals surface area contributed by atoms with E-state index in [1.807, 2.05) is 12.1 Å². The smallest absolute Gasteiger partial charge is 0.150 e. The standard InChI is InChI=1S/C15H15F2N3S/c1-20(7-4-10-2-5-19-6-3-10)14-12(16)8-11(15(18)21)9-13(14)17/h2-3,5-6,8-9H,4,7H2,1H3,(H2,18,21). The normalized spacial score (nSPS) is 10.4. The molecule has 0 aliphatic heterocycles. The van der Waals surface area contributed by atoms with Crippen molar-refractivity contribution in [3.63, 3.8) is 0 Å². The van der Waals surface area contributed by atoms with Gasteiger partial charge in [-0.3, -0.25) is 4.98 Å². The summed E-state index contributed by atoms with van der Waals surface area (Å²) in [7, 11) is 1.64. The first-order valence-electron chi connectivity index (χ1n) is 6.38. The number of hydrogen-bond donors (Lipinski definition) is 1. The summed E-state index contributed by atoms with van der Waals surface area (Å²) in [5.41, 5.74) is 6.55. The van der Waals surface area contributed by atoms with Crippen molar-refractivity contribution < 1.29 is 8.78 Å². The monoisotopic (exact) mass is 307 g/mol. The molecule has 2 N–H and O–H groups in total. The molecule has 1 aromatic carbocycles. The molecule has 0 atom stereocenters. The van der Waals surface area contributed by atoms with E-state index < -0.39 is 11.6 Å². The van der Waals surface area contributed by atoms with Gasteiger partial charge in [0.05, 0.1) is 0 Å². The highest BCUT2D eigenvalue weighted by atomic mass is 32.1. The van der Waals surface area contributed by atoms with E-state index in [9.17, 15) is 8.78 Å². The van der Waals surface area contributed by atoms with Crippen molar-refractivity contribution in [2.45, 2.75) is 6.42 Å².